The number of benzene rings is 2. The summed E-state index contributed by atoms with van der Waals surface area (Å²) in [4.78, 5) is 37.5. The fraction of sp³-hybridized carbons (Fsp3) is 0.286. The molecule has 1 aliphatic heterocycles. The first-order valence-electron chi connectivity index (χ1n) is 9.04. The van der Waals surface area contributed by atoms with Crippen LogP contribution in [-0.2, 0) is 16.1 Å². The highest BCUT2D eigenvalue weighted by Gasteiger charge is 2.21. The summed E-state index contributed by atoms with van der Waals surface area (Å²) in [6, 6.07) is 14.8. The Morgan fingerprint density at radius 1 is 1.07 bits per heavy atom. The Labute approximate surface area is 158 Å². The maximum Gasteiger partial charge on any atom is 0.251 e. The van der Waals surface area contributed by atoms with Crippen molar-refractivity contribution in [3.8, 4) is 0 Å². The van der Waals surface area contributed by atoms with Crippen molar-refractivity contribution in [2.45, 2.75) is 26.3 Å². The molecule has 0 unspecified atom stereocenters. The number of carbonyl (C=O) groups excluding carboxylic acids is 3. The van der Waals surface area contributed by atoms with E-state index in [0.717, 1.165) is 29.8 Å². The van der Waals surface area contributed by atoms with Gasteiger partial charge in [0.2, 0.25) is 11.8 Å². The summed E-state index contributed by atoms with van der Waals surface area (Å²) in [5.74, 6) is -0.372. The molecule has 1 fully saturated rings. The normalized spacial score (nSPS) is 13.5. The molecule has 140 valence electrons. The standard InChI is InChI=1S/C21H23N3O3/c1-15-4-2-5-17(12-15)21(27)23-14-19(25)22-13-16-7-9-18(10-8-16)24-11-3-6-20(24)26/h2,4-5,7-10,12H,3,6,11,13-14H2,1H3,(H,22,25)(H,23,27). The summed E-state index contributed by atoms with van der Waals surface area (Å²) < 4.78 is 0. The van der Waals surface area contributed by atoms with E-state index in [1.165, 1.54) is 0 Å². The van der Waals surface area contributed by atoms with E-state index < -0.39 is 0 Å². The molecule has 3 rings (SSSR count). The lowest BCUT2D eigenvalue weighted by atomic mass is 10.1. The number of nitrogens with one attached hydrogen (secondary N) is 2. The summed E-state index contributed by atoms with van der Waals surface area (Å²) in [5, 5.41) is 5.40. The molecule has 1 heterocycles. The Balaban J connectivity index is 1.45. The number of anilines is 1. The van der Waals surface area contributed by atoms with Crippen LogP contribution in [0.5, 0.6) is 0 Å². The summed E-state index contributed by atoms with van der Waals surface area (Å²) in [5.41, 5.74) is 3.35. The minimum absolute atomic E-state index is 0.0763. The molecule has 0 spiro atoms. The number of amides is 3. The van der Waals surface area contributed by atoms with E-state index in [1.807, 2.05) is 43.3 Å². The van der Waals surface area contributed by atoms with Crippen LogP contribution in [0.25, 0.3) is 0 Å². The van der Waals surface area contributed by atoms with Gasteiger partial charge in [-0.15, -0.1) is 0 Å². The molecule has 0 saturated carbocycles. The molecule has 0 bridgehead atoms. The topological polar surface area (TPSA) is 78.5 Å². The Bertz CT molecular complexity index is 846. The lowest BCUT2D eigenvalue weighted by molar-refractivity contribution is -0.120. The maximum absolute atomic E-state index is 12.0. The lowest BCUT2D eigenvalue weighted by Crippen LogP contribution is -2.36. The zero-order chi connectivity index (χ0) is 19.2. The van der Waals surface area contributed by atoms with Gasteiger partial charge >= 0.3 is 0 Å². The minimum Gasteiger partial charge on any atom is -0.350 e. The van der Waals surface area contributed by atoms with Crippen LogP contribution in [0.2, 0.25) is 0 Å². The highest BCUT2D eigenvalue weighted by Crippen LogP contribution is 2.21. The van der Waals surface area contributed by atoms with Crippen LogP contribution in [0.4, 0.5) is 5.69 Å². The van der Waals surface area contributed by atoms with Gasteiger partial charge in [0.15, 0.2) is 0 Å². The Hall–Kier alpha value is -3.15. The van der Waals surface area contributed by atoms with Crippen molar-refractivity contribution >= 4 is 23.4 Å². The zero-order valence-corrected chi connectivity index (χ0v) is 15.3. The Morgan fingerprint density at radius 2 is 1.85 bits per heavy atom. The van der Waals surface area contributed by atoms with Crippen LogP contribution < -0.4 is 15.5 Å². The molecule has 2 aromatic carbocycles. The van der Waals surface area contributed by atoms with E-state index in [9.17, 15) is 14.4 Å². The van der Waals surface area contributed by atoms with Crippen molar-refractivity contribution in [2.24, 2.45) is 0 Å². The van der Waals surface area contributed by atoms with Gasteiger partial charge in [-0.1, -0.05) is 29.8 Å². The first-order chi connectivity index (χ1) is 13.0. The van der Waals surface area contributed by atoms with Gasteiger partial charge < -0.3 is 15.5 Å². The average Bonchev–Trinajstić information content (AvgIpc) is 3.10. The minimum atomic E-state index is -0.270. The Kier molecular flexibility index (Phi) is 5.86. The summed E-state index contributed by atoms with van der Waals surface area (Å²) in [6.45, 7) is 2.96. The van der Waals surface area contributed by atoms with Crippen LogP contribution in [0.3, 0.4) is 0 Å². The molecule has 27 heavy (non-hydrogen) atoms. The molecule has 2 aromatic rings. The highest BCUT2D eigenvalue weighted by atomic mass is 16.2. The van der Waals surface area contributed by atoms with E-state index >= 15 is 0 Å². The van der Waals surface area contributed by atoms with Gasteiger partial charge in [0.05, 0.1) is 6.54 Å². The predicted molar refractivity (Wildman–Crippen MR) is 103 cm³/mol. The fourth-order valence-corrected chi connectivity index (χ4v) is 3.03. The monoisotopic (exact) mass is 365 g/mol. The van der Waals surface area contributed by atoms with Crippen molar-refractivity contribution in [1.29, 1.82) is 0 Å². The van der Waals surface area contributed by atoms with Crippen LogP contribution in [-0.4, -0.2) is 30.8 Å². The van der Waals surface area contributed by atoms with Crippen molar-refractivity contribution in [1.82, 2.24) is 10.6 Å². The molecule has 1 aliphatic rings. The molecular formula is C21H23N3O3. The van der Waals surface area contributed by atoms with Crippen molar-refractivity contribution < 1.29 is 14.4 Å². The highest BCUT2D eigenvalue weighted by molar-refractivity contribution is 5.96. The smallest absolute Gasteiger partial charge is 0.251 e. The van der Waals surface area contributed by atoms with Gasteiger partial charge in [0.1, 0.15) is 0 Å². The van der Waals surface area contributed by atoms with Gasteiger partial charge in [-0.25, -0.2) is 0 Å². The molecule has 6 heteroatoms. The first kappa shape index (κ1) is 18.6. The van der Waals surface area contributed by atoms with E-state index in [0.29, 0.717) is 18.5 Å². The van der Waals surface area contributed by atoms with Crippen molar-refractivity contribution in [3.05, 3.63) is 65.2 Å². The third-order valence-electron chi connectivity index (χ3n) is 4.50. The SMILES string of the molecule is Cc1cccc(C(=O)NCC(=O)NCc2ccc(N3CCCC3=O)cc2)c1. The zero-order valence-electron chi connectivity index (χ0n) is 15.3. The third-order valence-corrected chi connectivity index (χ3v) is 4.50. The van der Waals surface area contributed by atoms with Crippen LogP contribution in [0.1, 0.15) is 34.3 Å². The number of hydrogen-bond donors (Lipinski definition) is 2. The van der Waals surface area contributed by atoms with E-state index in [4.69, 9.17) is 0 Å². The second-order valence-electron chi connectivity index (χ2n) is 6.64. The first-order valence-corrected chi connectivity index (χ1v) is 9.04. The lowest BCUT2D eigenvalue weighted by Gasteiger charge is -2.16. The third kappa shape index (κ3) is 4.94. The molecule has 0 aromatic heterocycles. The van der Waals surface area contributed by atoms with Gasteiger partial charge in [-0.2, -0.15) is 0 Å². The molecule has 0 aliphatic carbocycles. The molecule has 2 N–H and O–H groups in total. The maximum atomic E-state index is 12.0. The number of rotatable bonds is 6. The molecule has 6 nitrogen and oxygen atoms in total. The molecular weight excluding hydrogens is 342 g/mol. The molecule has 0 radical (unpaired) electrons. The van der Waals surface area contributed by atoms with Gasteiger partial charge in [-0.05, 0) is 43.2 Å². The number of hydrogen-bond acceptors (Lipinski definition) is 3. The summed E-state index contributed by atoms with van der Waals surface area (Å²) in [7, 11) is 0. The quantitative estimate of drug-likeness (QED) is 0.823. The fourth-order valence-electron chi connectivity index (χ4n) is 3.03. The predicted octanol–water partition coefficient (Wildman–Crippen LogP) is 2.17. The van der Waals surface area contributed by atoms with Crippen LogP contribution >= 0.6 is 0 Å². The van der Waals surface area contributed by atoms with Gasteiger partial charge in [0, 0.05) is 30.8 Å². The van der Waals surface area contributed by atoms with Crippen LogP contribution in [0.15, 0.2) is 48.5 Å². The number of carbonyl (C=O) groups is 3. The van der Waals surface area contributed by atoms with E-state index in [1.54, 1.807) is 17.0 Å². The van der Waals surface area contributed by atoms with Gasteiger partial charge in [-0.3, -0.25) is 14.4 Å². The molecule has 1 saturated heterocycles. The van der Waals surface area contributed by atoms with Gasteiger partial charge in [0.25, 0.3) is 5.91 Å². The number of nitrogens with zero attached hydrogens (tertiary/aromatic N) is 1. The second kappa shape index (κ2) is 8.49. The van der Waals surface area contributed by atoms with Crippen molar-refractivity contribution in [2.75, 3.05) is 18.0 Å². The summed E-state index contributed by atoms with van der Waals surface area (Å²) >= 11 is 0. The average molecular weight is 365 g/mol. The van der Waals surface area contributed by atoms with Crippen molar-refractivity contribution in [3.63, 3.8) is 0 Å². The van der Waals surface area contributed by atoms with Crippen LogP contribution in [0, 0.1) is 6.92 Å². The summed E-state index contributed by atoms with van der Waals surface area (Å²) in [6.07, 6.45) is 1.50. The Morgan fingerprint density at radius 3 is 2.52 bits per heavy atom. The largest absolute Gasteiger partial charge is 0.350 e. The van der Waals surface area contributed by atoms with E-state index in [2.05, 4.69) is 10.6 Å². The molecule has 3 amide bonds. The number of aryl methyl sites for hydroxylation is 1. The second-order valence-corrected chi connectivity index (χ2v) is 6.64. The molecule has 0 atom stereocenters. The van der Waals surface area contributed by atoms with E-state index in [-0.39, 0.29) is 24.3 Å².